The van der Waals surface area contributed by atoms with Crippen LogP contribution in [-0.2, 0) is 9.84 Å². The third kappa shape index (κ3) is 3.93. The van der Waals surface area contributed by atoms with Crippen LogP contribution in [-0.4, -0.2) is 56.6 Å². The Morgan fingerprint density at radius 2 is 1.79 bits per heavy atom. The van der Waals surface area contributed by atoms with E-state index in [0.717, 1.165) is 17.3 Å². The van der Waals surface area contributed by atoms with Crippen molar-refractivity contribution >= 4 is 32.3 Å². The fourth-order valence-corrected chi connectivity index (χ4v) is 4.24. The number of halogens is 1. The van der Waals surface area contributed by atoms with E-state index in [4.69, 9.17) is 0 Å². The minimum Gasteiger partial charge on any atom is -0.367 e. The summed E-state index contributed by atoms with van der Waals surface area (Å²) in [6.07, 6.45) is 2.78. The van der Waals surface area contributed by atoms with Crippen LogP contribution >= 0.6 is 0 Å². The molecule has 0 atom stereocenters. The fourth-order valence-electron chi connectivity index (χ4n) is 3.57. The second kappa shape index (κ2) is 7.44. The predicted molar refractivity (Wildman–Crippen MR) is 109 cm³/mol. The lowest BCUT2D eigenvalue weighted by Crippen LogP contribution is -2.48. The summed E-state index contributed by atoms with van der Waals surface area (Å²) in [6, 6.07) is 12.6. The molecule has 1 aromatic heterocycles. The highest BCUT2D eigenvalue weighted by atomic mass is 32.2. The number of hydrogen-bond acceptors (Lipinski definition) is 5. The minimum absolute atomic E-state index is 0.137. The molecular formula is C21H20FN3O3S. The average molecular weight is 413 g/mol. The summed E-state index contributed by atoms with van der Waals surface area (Å²) in [4.78, 5) is 21.1. The number of piperazine rings is 1. The van der Waals surface area contributed by atoms with E-state index in [1.807, 2.05) is 6.07 Å². The molecule has 2 heterocycles. The standard InChI is InChI=1S/C21H20FN3O3S/c1-29(27,28)17-4-2-3-15(13-17)21(26)25-11-9-24(10-12-25)20-7-8-23-19-14-16(22)5-6-18(19)20/h2-8,13-14H,9-12H2,1H3. The van der Waals surface area contributed by atoms with Crippen LogP contribution in [0.5, 0.6) is 0 Å². The van der Waals surface area contributed by atoms with Crippen LogP contribution in [0.4, 0.5) is 10.1 Å². The van der Waals surface area contributed by atoms with Crippen LogP contribution in [0.25, 0.3) is 10.9 Å². The van der Waals surface area contributed by atoms with Crippen molar-refractivity contribution in [3.8, 4) is 0 Å². The Balaban J connectivity index is 1.51. The lowest BCUT2D eigenvalue weighted by atomic mass is 10.1. The van der Waals surface area contributed by atoms with E-state index in [1.54, 1.807) is 29.3 Å². The number of hydrogen-bond donors (Lipinski definition) is 0. The maximum absolute atomic E-state index is 13.5. The molecule has 0 aliphatic carbocycles. The zero-order valence-corrected chi connectivity index (χ0v) is 16.7. The minimum atomic E-state index is -3.37. The number of carbonyl (C=O) groups excluding carboxylic acids is 1. The Kier molecular flexibility index (Phi) is 4.96. The zero-order valence-electron chi connectivity index (χ0n) is 15.9. The van der Waals surface area contributed by atoms with Gasteiger partial charge >= 0.3 is 0 Å². The van der Waals surface area contributed by atoms with Gasteiger partial charge in [-0.15, -0.1) is 0 Å². The number of anilines is 1. The quantitative estimate of drug-likeness (QED) is 0.660. The Morgan fingerprint density at radius 1 is 1.03 bits per heavy atom. The Morgan fingerprint density at radius 3 is 2.52 bits per heavy atom. The van der Waals surface area contributed by atoms with E-state index in [9.17, 15) is 17.6 Å². The summed E-state index contributed by atoms with van der Waals surface area (Å²) in [6.45, 7) is 2.25. The van der Waals surface area contributed by atoms with Gasteiger partial charge in [0.25, 0.3) is 5.91 Å². The maximum Gasteiger partial charge on any atom is 0.254 e. The van der Waals surface area contributed by atoms with Gasteiger partial charge in [0, 0.05) is 61.3 Å². The highest BCUT2D eigenvalue weighted by molar-refractivity contribution is 7.90. The molecule has 3 aromatic rings. The van der Waals surface area contributed by atoms with Crippen molar-refractivity contribution in [3.63, 3.8) is 0 Å². The summed E-state index contributed by atoms with van der Waals surface area (Å²) in [5.74, 6) is -0.509. The molecule has 1 fully saturated rings. The van der Waals surface area contributed by atoms with E-state index in [1.165, 1.54) is 24.3 Å². The number of benzene rings is 2. The molecule has 0 N–H and O–H groups in total. The van der Waals surface area contributed by atoms with Crippen LogP contribution in [0.1, 0.15) is 10.4 Å². The summed E-state index contributed by atoms with van der Waals surface area (Å²) in [5.41, 5.74) is 1.92. The zero-order chi connectivity index (χ0) is 20.6. The Labute approximate surface area is 168 Å². The first-order valence-corrected chi connectivity index (χ1v) is 11.1. The van der Waals surface area contributed by atoms with Crippen molar-refractivity contribution in [1.82, 2.24) is 9.88 Å². The van der Waals surface area contributed by atoms with Gasteiger partial charge in [-0.25, -0.2) is 12.8 Å². The number of nitrogens with zero attached hydrogens (tertiary/aromatic N) is 3. The predicted octanol–water partition coefficient (Wildman–Crippen LogP) is 2.74. The largest absolute Gasteiger partial charge is 0.367 e. The normalized spacial score (nSPS) is 15.0. The molecular weight excluding hydrogens is 393 g/mol. The fraction of sp³-hybridized carbons (Fsp3) is 0.238. The van der Waals surface area contributed by atoms with Gasteiger partial charge in [-0.1, -0.05) is 6.07 Å². The molecule has 4 rings (SSSR count). The first kappa shape index (κ1) is 19.3. The summed E-state index contributed by atoms with van der Waals surface area (Å²) >= 11 is 0. The first-order valence-electron chi connectivity index (χ1n) is 9.21. The first-order chi connectivity index (χ1) is 13.8. The molecule has 1 saturated heterocycles. The van der Waals surface area contributed by atoms with Crippen LogP contribution in [0.15, 0.2) is 59.6 Å². The number of fused-ring (bicyclic) bond motifs is 1. The third-order valence-corrected chi connectivity index (χ3v) is 6.21. The van der Waals surface area contributed by atoms with Crippen molar-refractivity contribution in [3.05, 3.63) is 66.1 Å². The van der Waals surface area contributed by atoms with Crippen molar-refractivity contribution in [2.75, 3.05) is 37.3 Å². The van der Waals surface area contributed by atoms with Gasteiger partial charge in [-0.3, -0.25) is 9.78 Å². The molecule has 0 saturated carbocycles. The Hall–Kier alpha value is -3.00. The van der Waals surface area contributed by atoms with E-state index >= 15 is 0 Å². The van der Waals surface area contributed by atoms with E-state index < -0.39 is 9.84 Å². The lowest BCUT2D eigenvalue weighted by molar-refractivity contribution is 0.0746. The third-order valence-electron chi connectivity index (χ3n) is 5.10. The maximum atomic E-state index is 13.5. The second-order valence-corrected chi connectivity index (χ2v) is 9.09. The molecule has 29 heavy (non-hydrogen) atoms. The van der Waals surface area contributed by atoms with Crippen LogP contribution < -0.4 is 4.90 Å². The van der Waals surface area contributed by atoms with Crippen molar-refractivity contribution in [2.24, 2.45) is 0 Å². The van der Waals surface area contributed by atoms with Crippen LogP contribution in [0, 0.1) is 5.82 Å². The number of carbonyl (C=O) groups is 1. The molecule has 6 nitrogen and oxygen atoms in total. The molecule has 2 aromatic carbocycles. The molecule has 1 aliphatic heterocycles. The Bertz CT molecular complexity index is 1190. The SMILES string of the molecule is CS(=O)(=O)c1cccc(C(=O)N2CCN(c3ccnc4cc(F)ccc34)CC2)c1. The van der Waals surface area contributed by atoms with Crippen molar-refractivity contribution in [2.45, 2.75) is 4.90 Å². The van der Waals surface area contributed by atoms with Crippen LogP contribution in [0.3, 0.4) is 0 Å². The molecule has 0 bridgehead atoms. The number of rotatable bonds is 3. The van der Waals surface area contributed by atoms with Crippen LogP contribution in [0.2, 0.25) is 0 Å². The molecule has 1 amide bonds. The summed E-state index contributed by atoms with van der Waals surface area (Å²) in [5, 5.41) is 0.870. The smallest absolute Gasteiger partial charge is 0.254 e. The average Bonchev–Trinajstić information content (AvgIpc) is 2.72. The lowest BCUT2D eigenvalue weighted by Gasteiger charge is -2.36. The number of amides is 1. The molecule has 0 unspecified atom stereocenters. The topological polar surface area (TPSA) is 70.6 Å². The van der Waals surface area contributed by atoms with Gasteiger partial charge in [0.15, 0.2) is 9.84 Å². The number of aromatic nitrogens is 1. The summed E-state index contributed by atoms with van der Waals surface area (Å²) < 4.78 is 37.0. The van der Waals surface area contributed by atoms with Gasteiger partial charge in [0.05, 0.1) is 10.4 Å². The highest BCUT2D eigenvalue weighted by Crippen LogP contribution is 2.27. The van der Waals surface area contributed by atoms with Gasteiger partial charge in [0.2, 0.25) is 0 Å². The molecule has 0 spiro atoms. The van der Waals surface area contributed by atoms with Crippen molar-refractivity contribution in [1.29, 1.82) is 0 Å². The highest BCUT2D eigenvalue weighted by Gasteiger charge is 2.24. The summed E-state index contributed by atoms with van der Waals surface area (Å²) in [7, 11) is -3.37. The van der Waals surface area contributed by atoms with Crippen molar-refractivity contribution < 1.29 is 17.6 Å². The van der Waals surface area contributed by atoms with E-state index in [0.29, 0.717) is 37.3 Å². The van der Waals surface area contributed by atoms with E-state index in [2.05, 4.69) is 9.88 Å². The van der Waals surface area contributed by atoms with Gasteiger partial charge in [-0.2, -0.15) is 0 Å². The van der Waals surface area contributed by atoms with Gasteiger partial charge < -0.3 is 9.80 Å². The van der Waals surface area contributed by atoms with Gasteiger partial charge in [0.1, 0.15) is 5.82 Å². The number of pyridine rings is 1. The molecule has 150 valence electrons. The van der Waals surface area contributed by atoms with E-state index in [-0.39, 0.29) is 16.6 Å². The van der Waals surface area contributed by atoms with Gasteiger partial charge in [-0.05, 0) is 36.4 Å². The monoisotopic (exact) mass is 413 g/mol. The molecule has 0 radical (unpaired) electrons. The molecule has 8 heteroatoms. The number of sulfone groups is 1. The second-order valence-electron chi connectivity index (χ2n) is 7.07. The molecule has 1 aliphatic rings.